The van der Waals surface area contributed by atoms with Gasteiger partial charge >= 0.3 is 0 Å². The second kappa shape index (κ2) is 5.73. The fourth-order valence-corrected chi connectivity index (χ4v) is 3.69. The SMILES string of the molecule is CO[C@@H]1OC[C@H](O)[C@H]2OC3(CCCCC3(OC)OC)O[C@@H]12. The van der Waals surface area contributed by atoms with Crippen molar-refractivity contribution >= 4 is 0 Å². The van der Waals surface area contributed by atoms with E-state index in [1.54, 1.807) is 21.3 Å². The van der Waals surface area contributed by atoms with Gasteiger partial charge in [0.2, 0.25) is 11.6 Å². The Morgan fingerprint density at radius 1 is 1.00 bits per heavy atom. The van der Waals surface area contributed by atoms with Crippen molar-refractivity contribution in [1.29, 1.82) is 0 Å². The number of aliphatic hydroxyl groups excluding tert-OH is 1. The van der Waals surface area contributed by atoms with E-state index in [0.29, 0.717) is 12.8 Å². The number of hydrogen-bond acceptors (Lipinski definition) is 7. The topological polar surface area (TPSA) is 75.6 Å². The Kier molecular flexibility index (Phi) is 4.26. The van der Waals surface area contributed by atoms with Crippen LogP contribution < -0.4 is 0 Å². The lowest BCUT2D eigenvalue weighted by molar-refractivity contribution is -0.390. The van der Waals surface area contributed by atoms with Gasteiger partial charge in [-0.2, -0.15) is 0 Å². The first-order valence-corrected chi connectivity index (χ1v) is 7.40. The van der Waals surface area contributed by atoms with Gasteiger partial charge < -0.3 is 33.5 Å². The minimum absolute atomic E-state index is 0.159. The van der Waals surface area contributed by atoms with E-state index < -0.39 is 36.2 Å². The molecule has 1 saturated carbocycles. The number of hydrogen-bond donors (Lipinski definition) is 1. The summed E-state index contributed by atoms with van der Waals surface area (Å²) in [7, 11) is 4.73. The summed E-state index contributed by atoms with van der Waals surface area (Å²) in [6, 6.07) is 0. The molecule has 7 nitrogen and oxygen atoms in total. The number of aliphatic hydroxyl groups is 1. The van der Waals surface area contributed by atoms with Crippen LogP contribution in [0.2, 0.25) is 0 Å². The van der Waals surface area contributed by atoms with E-state index in [-0.39, 0.29) is 6.61 Å². The molecule has 0 aromatic heterocycles. The summed E-state index contributed by atoms with van der Waals surface area (Å²) in [4.78, 5) is 0. The van der Waals surface area contributed by atoms with Gasteiger partial charge in [-0.05, 0) is 12.8 Å². The molecule has 3 aliphatic rings. The van der Waals surface area contributed by atoms with E-state index in [2.05, 4.69) is 0 Å². The van der Waals surface area contributed by atoms with E-state index in [4.69, 9.17) is 28.4 Å². The Bertz CT molecular complexity index is 372. The number of rotatable bonds is 3. The maximum atomic E-state index is 10.2. The van der Waals surface area contributed by atoms with E-state index in [0.717, 1.165) is 12.8 Å². The molecule has 0 radical (unpaired) electrons. The quantitative estimate of drug-likeness (QED) is 0.756. The van der Waals surface area contributed by atoms with Crippen molar-refractivity contribution in [2.24, 2.45) is 0 Å². The summed E-state index contributed by atoms with van der Waals surface area (Å²) >= 11 is 0. The van der Waals surface area contributed by atoms with Gasteiger partial charge in [-0.3, -0.25) is 0 Å². The van der Waals surface area contributed by atoms with Crippen molar-refractivity contribution < 1.29 is 33.5 Å². The predicted molar refractivity (Wildman–Crippen MR) is 70.4 cm³/mol. The van der Waals surface area contributed by atoms with Crippen LogP contribution in [-0.2, 0) is 28.4 Å². The zero-order valence-corrected chi connectivity index (χ0v) is 12.7. The number of fused-ring (bicyclic) bond motifs is 1. The molecule has 0 aromatic rings. The fourth-order valence-electron chi connectivity index (χ4n) is 3.69. The highest BCUT2D eigenvalue weighted by atomic mass is 16.8. The monoisotopic (exact) mass is 304 g/mol. The van der Waals surface area contributed by atoms with Crippen molar-refractivity contribution in [2.45, 2.75) is 61.9 Å². The predicted octanol–water partition coefficient (Wildman–Crippen LogP) is 0.393. The van der Waals surface area contributed by atoms with Crippen molar-refractivity contribution in [2.75, 3.05) is 27.9 Å². The second-order valence-corrected chi connectivity index (χ2v) is 5.79. The second-order valence-electron chi connectivity index (χ2n) is 5.79. The highest BCUT2D eigenvalue weighted by molar-refractivity contribution is 5.02. The molecule has 2 heterocycles. The standard InChI is InChI=1S/C14H24O7/c1-16-12-11-10(9(15)8-19-12)20-14(21-11)7-5-4-6-13(14,17-2)18-3/h9-12,15H,4-8H2,1-3H3/t9-,10+,11+,12+,14?/m0/s1. The molecule has 2 saturated heterocycles. The molecule has 1 aliphatic carbocycles. The van der Waals surface area contributed by atoms with Gasteiger partial charge in [0.25, 0.3) is 0 Å². The van der Waals surface area contributed by atoms with E-state index in [1.807, 2.05) is 0 Å². The highest BCUT2D eigenvalue weighted by Crippen LogP contribution is 2.50. The van der Waals surface area contributed by atoms with Gasteiger partial charge in [-0.15, -0.1) is 0 Å². The molecule has 1 N–H and O–H groups in total. The zero-order valence-electron chi connectivity index (χ0n) is 12.7. The lowest BCUT2D eigenvalue weighted by atomic mass is 9.87. The average Bonchev–Trinajstić information content (AvgIpc) is 2.90. The minimum atomic E-state index is -1.03. The van der Waals surface area contributed by atoms with E-state index >= 15 is 0 Å². The maximum Gasteiger partial charge on any atom is 0.224 e. The van der Waals surface area contributed by atoms with Crippen molar-refractivity contribution in [3.05, 3.63) is 0 Å². The van der Waals surface area contributed by atoms with Crippen molar-refractivity contribution in [3.8, 4) is 0 Å². The van der Waals surface area contributed by atoms with Gasteiger partial charge in [0.05, 0.1) is 6.61 Å². The van der Waals surface area contributed by atoms with Crippen LogP contribution in [0, 0.1) is 0 Å². The van der Waals surface area contributed by atoms with Crippen molar-refractivity contribution in [3.63, 3.8) is 0 Å². The van der Waals surface area contributed by atoms with Crippen molar-refractivity contribution in [1.82, 2.24) is 0 Å². The minimum Gasteiger partial charge on any atom is -0.388 e. The third kappa shape index (κ3) is 2.23. The first-order chi connectivity index (χ1) is 10.1. The summed E-state index contributed by atoms with van der Waals surface area (Å²) < 4.78 is 34.4. The molecular weight excluding hydrogens is 280 g/mol. The lowest BCUT2D eigenvalue weighted by Gasteiger charge is -2.47. The molecule has 7 heteroatoms. The smallest absolute Gasteiger partial charge is 0.224 e. The van der Waals surface area contributed by atoms with Crippen LogP contribution >= 0.6 is 0 Å². The summed E-state index contributed by atoms with van der Waals surface area (Å²) in [5, 5.41) is 10.2. The Hall–Kier alpha value is -0.280. The molecule has 122 valence electrons. The van der Waals surface area contributed by atoms with Gasteiger partial charge in [0.1, 0.15) is 18.3 Å². The largest absolute Gasteiger partial charge is 0.388 e. The van der Waals surface area contributed by atoms with Gasteiger partial charge in [0.15, 0.2) is 6.29 Å². The summed E-state index contributed by atoms with van der Waals surface area (Å²) in [6.07, 6.45) is 0.910. The van der Waals surface area contributed by atoms with Crippen LogP contribution in [0.25, 0.3) is 0 Å². The molecule has 21 heavy (non-hydrogen) atoms. The van der Waals surface area contributed by atoms with Gasteiger partial charge in [0, 0.05) is 34.2 Å². The van der Waals surface area contributed by atoms with Crippen LogP contribution in [0.5, 0.6) is 0 Å². The Balaban J connectivity index is 1.91. The van der Waals surface area contributed by atoms with E-state index in [9.17, 15) is 5.11 Å². The number of ether oxygens (including phenoxy) is 6. The Morgan fingerprint density at radius 3 is 2.33 bits per heavy atom. The molecule has 0 aromatic carbocycles. The summed E-state index contributed by atoms with van der Waals surface area (Å²) in [5.41, 5.74) is 0. The van der Waals surface area contributed by atoms with Gasteiger partial charge in [-0.1, -0.05) is 0 Å². The van der Waals surface area contributed by atoms with Crippen LogP contribution in [0.15, 0.2) is 0 Å². The van der Waals surface area contributed by atoms with Crippen LogP contribution in [0.4, 0.5) is 0 Å². The molecule has 2 aliphatic heterocycles. The zero-order chi connectivity index (χ0) is 15.1. The maximum absolute atomic E-state index is 10.2. The van der Waals surface area contributed by atoms with Crippen LogP contribution in [0.1, 0.15) is 25.7 Å². The highest BCUT2D eigenvalue weighted by Gasteiger charge is 2.66. The molecule has 0 bridgehead atoms. The first-order valence-electron chi connectivity index (χ1n) is 7.40. The fraction of sp³-hybridized carbons (Fsp3) is 1.00. The molecule has 5 atom stereocenters. The summed E-state index contributed by atoms with van der Waals surface area (Å²) in [6.45, 7) is 0.159. The average molecular weight is 304 g/mol. The molecule has 3 rings (SSSR count). The van der Waals surface area contributed by atoms with Gasteiger partial charge in [-0.25, -0.2) is 0 Å². The Labute approximate surface area is 124 Å². The van der Waals surface area contributed by atoms with Crippen LogP contribution in [0.3, 0.4) is 0 Å². The van der Waals surface area contributed by atoms with E-state index in [1.165, 1.54) is 0 Å². The Morgan fingerprint density at radius 2 is 1.67 bits per heavy atom. The normalized spacial score (nSPS) is 45.7. The molecule has 3 fully saturated rings. The molecule has 0 amide bonds. The third-order valence-corrected chi connectivity index (χ3v) is 4.79. The molecule has 1 spiro atoms. The van der Waals surface area contributed by atoms with Crippen LogP contribution in [-0.4, -0.2) is 69.2 Å². The molecular formula is C14H24O7. The third-order valence-electron chi connectivity index (χ3n) is 4.79. The molecule has 1 unspecified atom stereocenters. The first kappa shape index (κ1) is 15.6. The lowest BCUT2D eigenvalue weighted by Crippen LogP contribution is -2.60. The number of methoxy groups -OCH3 is 3. The summed E-state index contributed by atoms with van der Waals surface area (Å²) in [5.74, 6) is -2.00.